The fraction of sp³-hybridized carbons (Fsp3) is 0.0833. The van der Waals surface area contributed by atoms with Crippen LogP contribution in [0, 0.1) is 0 Å². The van der Waals surface area contributed by atoms with Crippen molar-refractivity contribution in [3.63, 3.8) is 0 Å². The van der Waals surface area contributed by atoms with Crippen LogP contribution in [0.5, 0.6) is 11.5 Å². The third-order valence-electron chi connectivity index (χ3n) is 4.75. The molecule has 0 spiro atoms. The molecule has 1 heterocycles. The number of hydrogen-bond donors (Lipinski definition) is 0. The molecule has 33 heavy (non-hydrogen) atoms. The molecule has 9 heteroatoms. The summed E-state index contributed by atoms with van der Waals surface area (Å²) in [4.78, 5) is 15.0. The van der Waals surface area contributed by atoms with Crippen LogP contribution in [0.3, 0.4) is 0 Å². The predicted molar refractivity (Wildman–Crippen MR) is 141 cm³/mol. The van der Waals surface area contributed by atoms with Gasteiger partial charge in [0.05, 0.1) is 22.7 Å². The number of anilines is 1. The van der Waals surface area contributed by atoms with Crippen molar-refractivity contribution in [1.29, 1.82) is 0 Å². The van der Waals surface area contributed by atoms with E-state index in [0.717, 1.165) is 11.1 Å². The first-order valence-electron chi connectivity index (χ1n) is 9.64. The molecule has 0 bridgehead atoms. The normalized spacial score (nSPS) is 14.8. The minimum Gasteiger partial charge on any atom is -0.495 e. The highest BCUT2D eigenvalue weighted by atomic mass is 35.5. The summed E-state index contributed by atoms with van der Waals surface area (Å²) in [6, 6.07) is 17.8. The van der Waals surface area contributed by atoms with Crippen LogP contribution in [-0.4, -0.2) is 17.3 Å². The molecular formula is C24H16Cl3NO3S2. The van der Waals surface area contributed by atoms with Gasteiger partial charge in [-0.25, -0.2) is 0 Å². The van der Waals surface area contributed by atoms with E-state index in [4.69, 9.17) is 56.5 Å². The smallest absolute Gasteiger partial charge is 0.270 e. The van der Waals surface area contributed by atoms with Crippen LogP contribution < -0.4 is 14.4 Å². The molecule has 1 saturated heterocycles. The van der Waals surface area contributed by atoms with Crippen molar-refractivity contribution in [3.05, 3.63) is 91.8 Å². The van der Waals surface area contributed by atoms with Crippen molar-refractivity contribution in [2.24, 2.45) is 0 Å². The molecule has 0 N–H and O–H groups in total. The second kappa shape index (κ2) is 10.4. The number of carbonyl (C=O) groups is 1. The van der Waals surface area contributed by atoms with E-state index in [1.165, 1.54) is 23.8 Å². The fourth-order valence-electron chi connectivity index (χ4n) is 3.13. The second-order valence-electron chi connectivity index (χ2n) is 6.93. The molecule has 0 radical (unpaired) electrons. The van der Waals surface area contributed by atoms with Crippen LogP contribution in [0.15, 0.2) is 65.6 Å². The first-order chi connectivity index (χ1) is 15.9. The maximum absolute atomic E-state index is 13.1. The topological polar surface area (TPSA) is 38.8 Å². The number of amides is 1. The monoisotopic (exact) mass is 535 g/mol. The van der Waals surface area contributed by atoms with Gasteiger partial charge in [0.25, 0.3) is 5.91 Å². The molecule has 1 aliphatic heterocycles. The third-order valence-corrected chi connectivity index (χ3v) is 6.94. The summed E-state index contributed by atoms with van der Waals surface area (Å²) in [7, 11) is 1.53. The average molecular weight is 537 g/mol. The Morgan fingerprint density at radius 3 is 2.58 bits per heavy atom. The zero-order valence-electron chi connectivity index (χ0n) is 17.2. The summed E-state index contributed by atoms with van der Waals surface area (Å²) < 4.78 is 11.5. The summed E-state index contributed by atoms with van der Waals surface area (Å²) in [5.74, 6) is 0.954. The summed E-state index contributed by atoms with van der Waals surface area (Å²) in [5, 5.41) is 1.51. The van der Waals surface area contributed by atoms with Gasteiger partial charge >= 0.3 is 0 Å². The Morgan fingerprint density at radius 2 is 1.85 bits per heavy atom. The van der Waals surface area contributed by atoms with Gasteiger partial charge in [0, 0.05) is 15.6 Å². The standard InChI is InChI=1S/C24H16Cl3NO3S2/c1-30-21-8-7-17(12-20(21)27)28-23(29)22(33-24(28)32)10-14-3-2-4-18(9-14)31-13-15-5-6-16(25)11-19(15)26/h2-12H,13H2,1H3/b22-10+. The van der Waals surface area contributed by atoms with E-state index in [1.54, 1.807) is 36.4 Å². The Bertz CT molecular complexity index is 1280. The van der Waals surface area contributed by atoms with E-state index >= 15 is 0 Å². The Balaban J connectivity index is 1.51. The molecule has 4 nitrogen and oxygen atoms in total. The van der Waals surface area contributed by atoms with Crippen LogP contribution in [0.4, 0.5) is 5.69 Å². The van der Waals surface area contributed by atoms with E-state index in [0.29, 0.717) is 48.1 Å². The number of hydrogen-bond acceptors (Lipinski definition) is 5. The highest BCUT2D eigenvalue weighted by Gasteiger charge is 2.33. The van der Waals surface area contributed by atoms with Crippen molar-refractivity contribution in [2.75, 3.05) is 12.0 Å². The Morgan fingerprint density at radius 1 is 1.03 bits per heavy atom. The van der Waals surface area contributed by atoms with Crippen LogP contribution in [-0.2, 0) is 11.4 Å². The number of nitrogens with zero attached hydrogens (tertiary/aromatic N) is 1. The minimum absolute atomic E-state index is 0.217. The number of rotatable bonds is 6. The molecule has 1 aliphatic rings. The molecule has 0 atom stereocenters. The Labute approximate surface area is 216 Å². The maximum atomic E-state index is 13.1. The summed E-state index contributed by atoms with van der Waals surface area (Å²) in [6.45, 7) is 0.291. The maximum Gasteiger partial charge on any atom is 0.270 e. The molecule has 3 aromatic rings. The molecular weight excluding hydrogens is 521 g/mol. The zero-order chi connectivity index (χ0) is 23.5. The SMILES string of the molecule is COc1ccc(N2C(=O)/C(=C\c3cccc(OCc4ccc(Cl)cc4Cl)c3)SC2=S)cc1Cl. The minimum atomic E-state index is -0.217. The third kappa shape index (κ3) is 5.48. The second-order valence-corrected chi connectivity index (χ2v) is 9.86. The van der Waals surface area contributed by atoms with Gasteiger partial charge in [-0.2, -0.15) is 0 Å². The van der Waals surface area contributed by atoms with Gasteiger partial charge in [-0.3, -0.25) is 9.69 Å². The molecule has 4 rings (SSSR count). The highest BCUT2D eigenvalue weighted by Crippen LogP contribution is 2.38. The Kier molecular flexibility index (Phi) is 7.51. The van der Waals surface area contributed by atoms with E-state index in [9.17, 15) is 4.79 Å². The highest BCUT2D eigenvalue weighted by molar-refractivity contribution is 8.27. The lowest BCUT2D eigenvalue weighted by atomic mass is 10.2. The number of methoxy groups -OCH3 is 1. The van der Waals surface area contributed by atoms with Crippen molar-refractivity contribution in [2.45, 2.75) is 6.61 Å². The van der Waals surface area contributed by atoms with Gasteiger partial charge in [-0.15, -0.1) is 0 Å². The number of carbonyl (C=O) groups excluding carboxylic acids is 1. The van der Waals surface area contributed by atoms with Gasteiger partial charge in [0.2, 0.25) is 0 Å². The quantitative estimate of drug-likeness (QED) is 0.239. The lowest BCUT2D eigenvalue weighted by molar-refractivity contribution is -0.113. The molecule has 1 fully saturated rings. The summed E-state index contributed by atoms with van der Waals surface area (Å²) >= 11 is 25.1. The molecule has 0 aromatic heterocycles. The molecule has 1 amide bonds. The first-order valence-corrected chi connectivity index (χ1v) is 12.0. The largest absolute Gasteiger partial charge is 0.495 e. The number of ether oxygens (including phenoxy) is 2. The molecule has 0 saturated carbocycles. The van der Waals surface area contributed by atoms with Crippen molar-refractivity contribution in [3.8, 4) is 11.5 Å². The van der Waals surface area contributed by atoms with Gasteiger partial charge in [0.15, 0.2) is 4.32 Å². The van der Waals surface area contributed by atoms with Crippen LogP contribution in [0.25, 0.3) is 6.08 Å². The van der Waals surface area contributed by atoms with Gasteiger partial charge < -0.3 is 9.47 Å². The molecule has 168 valence electrons. The molecule has 0 unspecified atom stereocenters. The number of halogens is 3. The van der Waals surface area contributed by atoms with Crippen molar-refractivity contribution < 1.29 is 14.3 Å². The summed E-state index contributed by atoms with van der Waals surface area (Å²) in [6.07, 6.45) is 1.78. The zero-order valence-corrected chi connectivity index (χ0v) is 21.1. The van der Waals surface area contributed by atoms with Crippen molar-refractivity contribution >= 4 is 80.8 Å². The van der Waals surface area contributed by atoms with Gasteiger partial charge in [0.1, 0.15) is 18.1 Å². The van der Waals surface area contributed by atoms with Gasteiger partial charge in [-0.1, -0.05) is 77.0 Å². The molecule has 0 aliphatic carbocycles. The summed E-state index contributed by atoms with van der Waals surface area (Å²) in [5.41, 5.74) is 2.22. The predicted octanol–water partition coefficient (Wildman–Crippen LogP) is 7.64. The molecule has 3 aromatic carbocycles. The van der Waals surface area contributed by atoms with Crippen LogP contribution >= 0.6 is 58.8 Å². The lowest BCUT2D eigenvalue weighted by Gasteiger charge is -2.15. The number of thiocarbonyl (C=S) groups is 1. The van der Waals surface area contributed by atoms with Crippen LogP contribution in [0.2, 0.25) is 15.1 Å². The Hall–Kier alpha value is -2.22. The number of thioether (sulfide) groups is 1. The van der Waals surface area contributed by atoms with E-state index < -0.39 is 0 Å². The van der Waals surface area contributed by atoms with Gasteiger partial charge in [-0.05, 0) is 54.1 Å². The van der Waals surface area contributed by atoms with Crippen LogP contribution in [0.1, 0.15) is 11.1 Å². The van der Waals surface area contributed by atoms with Crippen molar-refractivity contribution in [1.82, 2.24) is 0 Å². The fourth-order valence-corrected chi connectivity index (χ4v) is 5.14. The number of benzene rings is 3. The average Bonchev–Trinajstić information content (AvgIpc) is 3.06. The van der Waals surface area contributed by atoms with E-state index in [2.05, 4.69) is 0 Å². The first kappa shape index (κ1) is 23.9. The lowest BCUT2D eigenvalue weighted by Crippen LogP contribution is -2.27. The van der Waals surface area contributed by atoms with E-state index in [1.807, 2.05) is 30.3 Å². The van der Waals surface area contributed by atoms with E-state index in [-0.39, 0.29) is 5.91 Å².